The van der Waals surface area contributed by atoms with Gasteiger partial charge in [-0.15, -0.1) is 0 Å². The second-order valence-electron chi connectivity index (χ2n) is 3.93. The quantitative estimate of drug-likeness (QED) is 0.558. The van der Waals surface area contributed by atoms with E-state index in [1.165, 1.54) is 24.6 Å². The maximum atomic E-state index is 3.53. The van der Waals surface area contributed by atoms with E-state index in [0.29, 0.717) is 5.41 Å². The highest BCUT2D eigenvalue weighted by Crippen LogP contribution is 2.41. The first kappa shape index (κ1) is 7.59. The zero-order chi connectivity index (χ0) is 6.91. The number of rotatable bonds is 1. The fourth-order valence-corrected chi connectivity index (χ4v) is 2.26. The molecule has 0 N–H and O–H groups in total. The standard InChI is InChI=1S/C8H15Br/c1-8(2)4-3-7(5-8)6-9/h7H,3-6H2,1-2H3/t7-/m1/s1. The molecule has 1 fully saturated rings. The molecule has 0 spiro atoms. The van der Waals surface area contributed by atoms with E-state index in [0.717, 1.165) is 5.92 Å². The van der Waals surface area contributed by atoms with E-state index >= 15 is 0 Å². The summed E-state index contributed by atoms with van der Waals surface area (Å²) in [4.78, 5) is 0. The Balaban J connectivity index is 2.38. The van der Waals surface area contributed by atoms with Crippen LogP contribution in [0.25, 0.3) is 0 Å². The van der Waals surface area contributed by atoms with Crippen LogP contribution >= 0.6 is 15.9 Å². The predicted molar refractivity (Wildman–Crippen MR) is 44.9 cm³/mol. The topological polar surface area (TPSA) is 0 Å². The summed E-state index contributed by atoms with van der Waals surface area (Å²) < 4.78 is 0. The van der Waals surface area contributed by atoms with Crippen LogP contribution in [0.4, 0.5) is 0 Å². The van der Waals surface area contributed by atoms with Crippen molar-refractivity contribution >= 4 is 15.9 Å². The van der Waals surface area contributed by atoms with Gasteiger partial charge in [-0.2, -0.15) is 0 Å². The van der Waals surface area contributed by atoms with Crippen molar-refractivity contribution in [2.75, 3.05) is 5.33 Å². The van der Waals surface area contributed by atoms with Crippen LogP contribution in [0.15, 0.2) is 0 Å². The zero-order valence-electron chi connectivity index (χ0n) is 6.28. The van der Waals surface area contributed by atoms with E-state index in [2.05, 4.69) is 29.8 Å². The molecular formula is C8H15Br. The molecule has 0 unspecified atom stereocenters. The third-order valence-electron chi connectivity index (χ3n) is 2.29. The van der Waals surface area contributed by atoms with Crippen LogP contribution in [-0.2, 0) is 0 Å². The lowest BCUT2D eigenvalue weighted by molar-refractivity contribution is 0.368. The Morgan fingerprint density at radius 3 is 2.44 bits per heavy atom. The van der Waals surface area contributed by atoms with Crippen LogP contribution in [0.1, 0.15) is 33.1 Å². The lowest BCUT2D eigenvalue weighted by atomic mass is 9.91. The minimum Gasteiger partial charge on any atom is -0.0925 e. The van der Waals surface area contributed by atoms with Crippen molar-refractivity contribution in [1.82, 2.24) is 0 Å². The maximum Gasteiger partial charge on any atom is 0.00598 e. The SMILES string of the molecule is CC1(C)CC[C@@H](CBr)C1. The Bertz CT molecular complexity index is 96.7. The molecule has 0 aromatic rings. The monoisotopic (exact) mass is 190 g/mol. The summed E-state index contributed by atoms with van der Waals surface area (Å²) in [5, 5.41) is 1.20. The summed E-state index contributed by atoms with van der Waals surface area (Å²) in [7, 11) is 0. The first-order valence-electron chi connectivity index (χ1n) is 3.70. The molecule has 1 atom stereocenters. The second kappa shape index (κ2) is 2.61. The van der Waals surface area contributed by atoms with Gasteiger partial charge in [-0.3, -0.25) is 0 Å². The van der Waals surface area contributed by atoms with Gasteiger partial charge in [-0.1, -0.05) is 29.8 Å². The first-order chi connectivity index (χ1) is 4.14. The Morgan fingerprint density at radius 2 is 2.22 bits per heavy atom. The fraction of sp³-hybridized carbons (Fsp3) is 1.00. The zero-order valence-corrected chi connectivity index (χ0v) is 7.87. The summed E-state index contributed by atoms with van der Waals surface area (Å²) in [6.45, 7) is 4.74. The van der Waals surface area contributed by atoms with Crippen molar-refractivity contribution in [3.05, 3.63) is 0 Å². The first-order valence-corrected chi connectivity index (χ1v) is 4.82. The van der Waals surface area contributed by atoms with E-state index in [4.69, 9.17) is 0 Å². The molecule has 0 amide bonds. The lowest BCUT2D eigenvalue weighted by Crippen LogP contribution is -2.05. The average molecular weight is 191 g/mol. The third kappa shape index (κ3) is 1.96. The van der Waals surface area contributed by atoms with Gasteiger partial charge in [0.1, 0.15) is 0 Å². The van der Waals surface area contributed by atoms with E-state index in [1.54, 1.807) is 0 Å². The number of hydrogen-bond donors (Lipinski definition) is 0. The van der Waals surface area contributed by atoms with Gasteiger partial charge in [-0.25, -0.2) is 0 Å². The van der Waals surface area contributed by atoms with Gasteiger partial charge in [-0.05, 0) is 30.6 Å². The van der Waals surface area contributed by atoms with Crippen LogP contribution in [0.3, 0.4) is 0 Å². The second-order valence-corrected chi connectivity index (χ2v) is 4.57. The van der Waals surface area contributed by atoms with Crippen molar-refractivity contribution in [2.24, 2.45) is 11.3 Å². The Kier molecular flexibility index (Phi) is 2.20. The molecule has 54 valence electrons. The summed E-state index contributed by atoms with van der Waals surface area (Å²) in [5.41, 5.74) is 0.637. The summed E-state index contributed by atoms with van der Waals surface area (Å²) >= 11 is 3.53. The molecule has 9 heavy (non-hydrogen) atoms. The summed E-state index contributed by atoms with van der Waals surface area (Å²) in [6, 6.07) is 0. The van der Waals surface area contributed by atoms with Crippen molar-refractivity contribution in [2.45, 2.75) is 33.1 Å². The maximum absolute atomic E-state index is 3.53. The van der Waals surface area contributed by atoms with Crippen molar-refractivity contribution in [3.63, 3.8) is 0 Å². The minimum absolute atomic E-state index is 0.637. The molecule has 0 aliphatic heterocycles. The fourth-order valence-electron chi connectivity index (χ4n) is 1.71. The molecular weight excluding hydrogens is 176 g/mol. The van der Waals surface area contributed by atoms with Crippen LogP contribution in [-0.4, -0.2) is 5.33 Å². The van der Waals surface area contributed by atoms with Crippen molar-refractivity contribution in [1.29, 1.82) is 0 Å². The number of halogens is 1. The molecule has 0 nitrogen and oxygen atoms in total. The molecule has 1 saturated carbocycles. The van der Waals surface area contributed by atoms with Gasteiger partial charge >= 0.3 is 0 Å². The molecule has 0 radical (unpaired) electrons. The van der Waals surface area contributed by atoms with Crippen LogP contribution < -0.4 is 0 Å². The van der Waals surface area contributed by atoms with Gasteiger partial charge < -0.3 is 0 Å². The van der Waals surface area contributed by atoms with Gasteiger partial charge in [0.25, 0.3) is 0 Å². The molecule has 0 aromatic carbocycles. The van der Waals surface area contributed by atoms with Gasteiger partial charge in [0.15, 0.2) is 0 Å². The molecule has 1 heteroatoms. The minimum atomic E-state index is 0.637. The van der Waals surface area contributed by atoms with E-state index < -0.39 is 0 Å². The molecule has 1 aliphatic rings. The van der Waals surface area contributed by atoms with E-state index in [-0.39, 0.29) is 0 Å². The third-order valence-corrected chi connectivity index (χ3v) is 3.20. The molecule has 0 heterocycles. The van der Waals surface area contributed by atoms with Gasteiger partial charge in [0.05, 0.1) is 0 Å². The largest absolute Gasteiger partial charge is 0.0925 e. The molecule has 0 aromatic heterocycles. The van der Waals surface area contributed by atoms with Gasteiger partial charge in [0.2, 0.25) is 0 Å². The lowest BCUT2D eigenvalue weighted by Gasteiger charge is -2.15. The van der Waals surface area contributed by atoms with Gasteiger partial charge in [0, 0.05) is 5.33 Å². The number of hydrogen-bond acceptors (Lipinski definition) is 0. The Hall–Kier alpha value is 0.480. The Labute approximate surface area is 66.2 Å². The summed E-state index contributed by atoms with van der Waals surface area (Å²) in [6.07, 6.45) is 4.26. The van der Waals surface area contributed by atoms with Crippen LogP contribution in [0, 0.1) is 11.3 Å². The Morgan fingerprint density at radius 1 is 1.56 bits per heavy atom. The smallest absolute Gasteiger partial charge is 0.00598 e. The summed E-state index contributed by atoms with van der Waals surface area (Å²) in [5.74, 6) is 0.958. The molecule has 0 saturated heterocycles. The predicted octanol–water partition coefficient (Wildman–Crippen LogP) is 3.21. The normalized spacial score (nSPS) is 33.0. The van der Waals surface area contributed by atoms with E-state index in [1.807, 2.05) is 0 Å². The highest BCUT2D eigenvalue weighted by atomic mass is 79.9. The highest BCUT2D eigenvalue weighted by Gasteiger charge is 2.29. The van der Waals surface area contributed by atoms with Crippen molar-refractivity contribution in [3.8, 4) is 0 Å². The number of alkyl halides is 1. The van der Waals surface area contributed by atoms with Crippen LogP contribution in [0.5, 0.6) is 0 Å². The van der Waals surface area contributed by atoms with E-state index in [9.17, 15) is 0 Å². The molecule has 0 bridgehead atoms. The van der Waals surface area contributed by atoms with Crippen molar-refractivity contribution < 1.29 is 0 Å². The highest BCUT2D eigenvalue weighted by molar-refractivity contribution is 9.09. The average Bonchev–Trinajstić information content (AvgIpc) is 2.10. The molecule has 1 rings (SSSR count). The molecule has 1 aliphatic carbocycles. The van der Waals surface area contributed by atoms with Crippen LogP contribution in [0.2, 0.25) is 0 Å².